The van der Waals surface area contributed by atoms with E-state index in [4.69, 9.17) is 4.74 Å². The van der Waals surface area contributed by atoms with Crippen LogP contribution in [0, 0.1) is 10.1 Å². The third-order valence-electron chi connectivity index (χ3n) is 4.17. The van der Waals surface area contributed by atoms with Crippen LogP contribution in [0.3, 0.4) is 0 Å². The summed E-state index contributed by atoms with van der Waals surface area (Å²) in [5, 5.41) is 10.6. The summed E-state index contributed by atoms with van der Waals surface area (Å²) in [7, 11) is 0. The minimum atomic E-state index is -0.439. The van der Waals surface area contributed by atoms with E-state index >= 15 is 0 Å². The number of ether oxygens (including phenoxy) is 1. The number of thioether (sulfide) groups is 1. The van der Waals surface area contributed by atoms with Crippen molar-refractivity contribution in [3.05, 3.63) is 46.0 Å². The molecule has 0 bridgehead atoms. The number of carbonyl (C=O) groups excluding carboxylic acids is 1. The van der Waals surface area contributed by atoms with Crippen molar-refractivity contribution in [2.45, 2.75) is 17.8 Å². The highest BCUT2D eigenvalue weighted by atomic mass is 32.2. The van der Waals surface area contributed by atoms with Gasteiger partial charge in [0, 0.05) is 49.9 Å². The molecule has 2 saturated heterocycles. The minimum Gasteiger partial charge on any atom is -0.363 e. The standard InChI is InChI=1S/C16H18N2O4S/c19-15(6-3-13-1-4-14(5-2-13)18(20)21)17-9-7-16(8-10-17)22-11-12-23-16/h1-6H,7-12H2/b6-3+. The molecule has 23 heavy (non-hydrogen) atoms. The summed E-state index contributed by atoms with van der Waals surface area (Å²) in [6.07, 6.45) is 4.96. The van der Waals surface area contributed by atoms with E-state index in [1.165, 1.54) is 18.2 Å². The van der Waals surface area contributed by atoms with Crippen LogP contribution in [-0.4, -0.2) is 46.1 Å². The van der Waals surface area contributed by atoms with Crippen molar-refractivity contribution in [1.82, 2.24) is 4.90 Å². The van der Waals surface area contributed by atoms with Crippen LogP contribution < -0.4 is 0 Å². The fraction of sp³-hybridized carbons (Fsp3) is 0.438. The maximum absolute atomic E-state index is 12.2. The van der Waals surface area contributed by atoms with Crippen LogP contribution in [0.2, 0.25) is 0 Å². The van der Waals surface area contributed by atoms with Crippen molar-refractivity contribution in [3.8, 4) is 0 Å². The molecule has 122 valence electrons. The van der Waals surface area contributed by atoms with Crippen molar-refractivity contribution in [2.75, 3.05) is 25.4 Å². The van der Waals surface area contributed by atoms with Gasteiger partial charge >= 0.3 is 0 Å². The molecule has 1 aromatic rings. The maximum Gasteiger partial charge on any atom is 0.269 e. The Morgan fingerprint density at radius 3 is 2.57 bits per heavy atom. The number of likely N-dealkylation sites (tertiary alicyclic amines) is 1. The Kier molecular flexibility index (Phi) is 4.68. The molecule has 6 nitrogen and oxygen atoms in total. The van der Waals surface area contributed by atoms with Gasteiger partial charge in [-0.1, -0.05) is 0 Å². The Morgan fingerprint density at radius 2 is 2.00 bits per heavy atom. The zero-order chi connectivity index (χ0) is 16.3. The number of non-ortho nitro benzene ring substituents is 1. The molecule has 0 N–H and O–H groups in total. The highest BCUT2D eigenvalue weighted by Gasteiger charge is 2.39. The molecule has 2 fully saturated rings. The number of rotatable bonds is 3. The van der Waals surface area contributed by atoms with Crippen molar-refractivity contribution < 1.29 is 14.5 Å². The number of hydrogen-bond donors (Lipinski definition) is 0. The number of nitro benzene ring substituents is 1. The lowest BCUT2D eigenvalue weighted by Crippen LogP contribution is -2.44. The molecule has 3 rings (SSSR count). The summed E-state index contributed by atoms with van der Waals surface area (Å²) in [5.74, 6) is 1.01. The summed E-state index contributed by atoms with van der Waals surface area (Å²) >= 11 is 1.86. The quantitative estimate of drug-likeness (QED) is 0.483. The molecule has 0 atom stereocenters. The van der Waals surface area contributed by atoms with Crippen LogP contribution in [0.4, 0.5) is 5.69 Å². The molecule has 0 unspecified atom stereocenters. The average Bonchev–Trinajstić information content (AvgIpc) is 3.02. The smallest absolute Gasteiger partial charge is 0.269 e. The van der Waals surface area contributed by atoms with Crippen LogP contribution in [0.1, 0.15) is 18.4 Å². The van der Waals surface area contributed by atoms with Gasteiger partial charge in [-0.15, -0.1) is 11.8 Å². The second-order valence-corrected chi connectivity index (χ2v) is 7.06. The first kappa shape index (κ1) is 16.0. The molecule has 1 aromatic carbocycles. The van der Waals surface area contributed by atoms with Crippen LogP contribution >= 0.6 is 11.8 Å². The molecule has 0 saturated carbocycles. The van der Waals surface area contributed by atoms with Gasteiger partial charge in [-0.25, -0.2) is 0 Å². The fourth-order valence-corrected chi connectivity index (χ4v) is 4.01. The Labute approximate surface area is 138 Å². The van der Waals surface area contributed by atoms with Crippen molar-refractivity contribution in [2.24, 2.45) is 0 Å². The number of amides is 1. The summed E-state index contributed by atoms with van der Waals surface area (Å²) in [4.78, 5) is 24.2. The molecule has 2 heterocycles. The van der Waals surface area contributed by atoms with E-state index in [0.717, 1.165) is 30.8 Å². The SMILES string of the molecule is O=C(/C=C/c1ccc([N+](=O)[O-])cc1)N1CCC2(CC1)OCCS2. The number of piperidine rings is 1. The lowest BCUT2D eigenvalue weighted by atomic mass is 10.1. The Balaban J connectivity index is 1.55. The summed E-state index contributed by atoms with van der Waals surface area (Å²) < 4.78 is 5.82. The van der Waals surface area contributed by atoms with Crippen LogP contribution in [-0.2, 0) is 9.53 Å². The molecule has 1 spiro atoms. The first-order valence-electron chi connectivity index (χ1n) is 7.57. The van der Waals surface area contributed by atoms with E-state index in [9.17, 15) is 14.9 Å². The highest BCUT2D eigenvalue weighted by Crippen LogP contribution is 2.41. The van der Waals surface area contributed by atoms with Gasteiger partial charge in [-0.2, -0.15) is 0 Å². The number of nitrogens with zero attached hydrogens (tertiary/aromatic N) is 2. The molecule has 2 aliphatic heterocycles. The molecule has 0 aliphatic carbocycles. The van der Waals surface area contributed by atoms with Gasteiger partial charge in [0.1, 0.15) is 4.93 Å². The molecular formula is C16H18N2O4S. The van der Waals surface area contributed by atoms with Crippen LogP contribution in [0.5, 0.6) is 0 Å². The second kappa shape index (κ2) is 6.72. The predicted molar refractivity (Wildman–Crippen MR) is 89.1 cm³/mol. The third kappa shape index (κ3) is 3.73. The average molecular weight is 334 g/mol. The molecular weight excluding hydrogens is 316 g/mol. The van der Waals surface area contributed by atoms with Gasteiger partial charge in [0.2, 0.25) is 5.91 Å². The van der Waals surface area contributed by atoms with Gasteiger partial charge in [0.15, 0.2) is 0 Å². The van der Waals surface area contributed by atoms with Crippen molar-refractivity contribution >= 4 is 29.4 Å². The van der Waals surface area contributed by atoms with E-state index in [1.807, 2.05) is 16.7 Å². The number of hydrogen-bond acceptors (Lipinski definition) is 5. The van der Waals surface area contributed by atoms with Crippen molar-refractivity contribution in [3.63, 3.8) is 0 Å². The van der Waals surface area contributed by atoms with Gasteiger partial charge in [-0.05, 0) is 23.8 Å². The summed E-state index contributed by atoms with van der Waals surface area (Å²) in [6.45, 7) is 2.21. The lowest BCUT2D eigenvalue weighted by Gasteiger charge is -2.37. The lowest BCUT2D eigenvalue weighted by molar-refractivity contribution is -0.384. The Bertz CT molecular complexity index is 613. The third-order valence-corrected chi connectivity index (χ3v) is 5.60. The summed E-state index contributed by atoms with van der Waals surface area (Å²) in [5.41, 5.74) is 0.816. The van der Waals surface area contributed by atoms with Gasteiger partial charge in [0.05, 0.1) is 11.5 Å². The van der Waals surface area contributed by atoms with E-state index in [2.05, 4.69) is 0 Å². The number of carbonyl (C=O) groups is 1. The maximum atomic E-state index is 12.2. The van der Waals surface area contributed by atoms with Crippen molar-refractivity contribution in [1.29, 1.82) is 0 Å². The Hall–Kier alpha value is -1.86. The van der Waals surface area contributed by atoms with E-state index < -0.39 is 4.92 Å². The number of benzene rings is 1. The topological polar surface area (TPSA) is 72.7 Å². The normalized spacial score (nSPS) is 20.3. The van der Waals surface area contributed by atoms with Gasteiger partial charge in [-0.3, -0.25) is 14.9 Å². The van der Waals surface area contributed by atoms with Crippen LogP contribution in [0.25, 0.3) is 6.08 Å². The molecule has 7 heteroatoms. The van der Waals surface area contributed by atoms with E-state index in [1.54, 1.807) is 18.2 Å². The predicted octanol–water partition coefficient (Wildman–Crippen LogP) is 2.69. The molecule has 2 aliphatic rings. The fourth-order valence-electron chi connectivity index (χ4n) is 2.83. The monoisotopic (exact) mass is 334 g/mol. The van der Waals surface area contributed by atoms with Gasteiger partial charge in [0.25, 0.3) is 5.69 Å². The summed E-state index contributed by atoms with van der Waals surface area (Å²) in [6, 6.07) is 6.14. The largest absolute Gasteiger partial charge is 0.363 e. The van der Waals surface area contributed by atoms with Crippen LogP contribution in [0.15, 0.2) is 30.3 Å². The number of nitro groups is 1. The minimum absolute atomic E-state index is 0.0267. The Morgan fingerprint density at radius 1 is 1.30 bits per heavy atom. The zero-order valence-electron chi connectivity index (χ0n) is 12.6. The molecule has 1 amide bonds. The first-order chi connectivity index (χ1) is 11.1. The first-order valence-corrected chi connectivity index (χ1v) is 8.56. The molecule has 0 radical (unpaired) electrons. The highest BCUT2D eigenvalue weighted by molar-refractivity contribution is 8.00. The van der Waals surface area contributed by atoms with E-state index in [-0.39, 0.29) is 16.5 Å². The molecule has 0 aromatic heterocycles. The zero-order valence-corrected chi connectivity index (χ0v) is 13.5. The van der Waals surface area contributed by atoms with Gasteiger partial charge < -0.3 is 9.64 Å². The second-order valence-electron chi connectivity index (χ2n) is 5.61. The van der Waals surface area contributed by atoms with E-state index in [0.29, 0.717) is 13.1 Å².